The topological polar surface area (TPSA) is 75.6 Å². The molecule has 5 heteroatoms. The van der Waals surface area contributed by atoms with Gasteiger partial charge in [-0.05, 0) is 51.0 Å². The van der Waals surface area contributed by atoms with Crippen molar-refractivity contribution in [3.63, 3.8) is 0 Å². The van der Waals surface area contributed by atoms with Crippen LogP contribution in [0.15, 0.2) is 35.5 Å². The highest BCUT2D eigenvalue weighted by atomic mass is 16.6. The molecule has 0 aromatic heterocycles. The molecule has 5 nitrogen and oxygen atoms in total. The molecule has 0 radical (unpaired) electrons. The van der Waals surface area contributed by atoms with Crippen LogP contribution in [0.4, 0.5) is 0 Å². The van der Waals surface area contributed by atoms with Gasteiger partial charge < -0.3 is 15.2 Å². The molecule has 1 fully saturated rings. The van der Waals surface area contributed by atoms with E-state index >= 15 is 0 Å². The van der Waals surface area contributed by atoms with Gasteiger partial charge in [-0.1, -0.05) is 44.1 Å². The average molecular weight is 388 g/mol. The Morgan fingerprint density at radius 1 is 1.29 bits per heavy atom. The molecular formula is C23H33NO4. The van der Waals surface area contributed by atoms with Gasteiger partial charge in [0, 0.05) is 24.0 Å². The molecule has 0 aromatic carbocycles. The van der Waals surface area contributed by atoms with Gasteiger partial charge in [-0.15, -0.1) is 0 Å². The maximum atomic E-state index is 13.4. The van der Waals surface area contributed by atoms with Gasteiger partial charge in [0.25, 0.3) is 5.91 Å². The second kappa shape index (κ2) is 7.86. The van der Waals surface area contributed by atoms with E-state index < -0.39 is 17.7 Å². The van der Waals surface area contributed by atoms with Crippen LogP contribution in [0, 0.1) is 23.7 Å². The predicted molar refractivity (Wildman–Crippen MR) is 108 cm³/mol. The van der Waals surface area contributed by atoms with Gasteiger partial charge in [0.2, 0.25) is 5.60 Å². The van der Waals surface area contributed by atoms with Crippen LogP contribution >= 0.6 is 0 Å². The van der Waals surface area contributed by atoms with Crippen LogP contribution < -0.4 is 5.32 Å². The third kappa shape index (κ3) is 3.69. The minimum Gasteiger partial charge on any atom is -0.444 e. The molecule has 2 N–H and O–H groups in total. The lowest BCUT2D eigenvalue weighted by atomic mass is 9.63. The van der Waals surface area contributed by atoms with Crippen molar-refractivity contribution in [3.8, 4) is 0 Å². The number of hydrogen-bond donors (Lipinski definition) is 2. The van der Waals surface area contributed by atoms with Crippen LogP contribution in [0.3, 0.4) is 0 Å². The highest BCUT2D eigenvalue weighted by Gasteiger charge is 2.64. The van der Waals surface area contributed by atoms with Crippen LogP contribution in [0.5, 0.6) is 0 Å². The third-order valence-corrected chi connectivity index (χ3v) is 6.54. The summed E-state index contributed by atoms with van der Waals surface area (Å²) in [5.74, 6) is -0.650. The van der Waals surface area contributed by atoms with Gasteiger partial charge in [0.05, 0.1) is 6.10 Å². The van der Waals surface area contributed by atoms with E-state index in [0.717, 1.165) is 12.0 Å². The number of allylic oxidation sites excluding steroid dienone is 2. The van der Waals surface area contributed by atoms with E-state index in [1.807, 2.05) is 6.92 Å². The molecule has 6 unspecified atom stereocenters. The number of hydrogen-bond acceptors (Lipinski definition) is 4. The van der Waals surface area contributed by atoms with E-state index in [9.17, 15) is 14.7 Å². The lowest BCUT2D eigenvalue weighted by Gasteiger charge is -2.44. The fourth-order valence-electron chi connectivity index (χ4n) is 5.08. The first-order chi connectivity index (χ1) is 13.1. The number of esters is 1. The van der Waals surface area contributed by atoms with E-state index in [2.05, 4.69) is 45.2 Å². The summed E-state index contributed by atoms with van der Waals surface area (Å²) in [7, 11) is 0. The van der Waals surface area contributed by atoms with Crippen molar-refractivity contribution in [2.75, 3.05) is 0 Å². The monoisotopic (exact) mass is 387 g/mol. The summed E-state index contributed by atoms with van der Waals surface area (Å²) in [6, 6.07) is -0.0325. The molecule has 154 valence electrons. The summed E-state index contributed by atoms with van der Waals surface area (Å²) in [5.41, 5.74) is 1.07. The maximum Gasteiger partial charge on any atom is 0.331 e. The van der Waals surface area contributed by atoms with Gasteiger partial charge in [-0.2, -0.15) is 0 Å². The van der Waals surface area contributed by atoms with Crippen molar-refractivity contribution < 1.29 is 19.4 Å². The Hall–Kier alpha value is -1.88. The number of aliphatic hydroxyl groups is 1. The van der Waals surface area contributed by atoms with Crippen molar-refractivity contribution in [3.05, 3.63) is 35.5 Å². The van der Waals surface area contributed by atoms with Crippen LogP contribution in [0.25, 0.3) is 0 Å². The Bertz CT molecular complexity index is 735. The summed E-state index contributed by atoms with van der Waals surface area (Å²) in [4.78, 5) is 26.0. The third-order valence-electron chi connectivity index (χ3n) is 6.54. The van der Waals surface area contributed by atoms with Gasteiger partial charge in [0.1, 0.15) is 0 Å². The number of ether oxygens (including phenoxy) is 1. The molecule has 1 spiro atoms. The molecule has 0 aromatic rings. The minimum atomic E-state index is -1.24. The molecule has 1 saturated heterocycles. The van der Waals surface area contributed by atoms with Gasteiger partial charge in [-0.3, -0.25) is 4.79 Å². The van der Waals surface area contributed by atoms with Crippen LogP contribution in [-0.2, 0) is 14.3 Å². The van der Waals surface area contributed by atoms with E-state index in [1.165, 1.54) is 17.7 Å². The second-order valence-corrected chi connectivity index (χ2v) is 9.15. The molecule has 28 heavy (non-hydrogen) atoms. The van der Waals surface area contributed by atoms with Crippen LogP contribution in [0.2, 0.25) is 0 Å². The molecule has 0 bridgehead atoms. The maximum absolute atomic E-state index is 13.4. The van der Waals surface area contributed by atoms with E-state index in [4.69, 9.17) is 4.74 Å². The zero-order valence-corrected chi connectivity index (χ0v) is 17.6. The van der Waals surface area contributed by atoms with Crippen LogP contribution in [0.1, 0.15) is 53.9 Å². The molecule has 1 aliphatic carbocycles. The van der Waals surface area contributed by atoms with Crippen molar-refractivity contribution in [2.45, 2.75) is 71.6 Å². The smallest absolute Gasteiger partial charge is 0.331 e. The highest BCUT2D eigenvalue weighted by Crippen LogP contribution is 2.50. The van der Waals surface area contributed by atoms with E-state index in [1.54, 1.807) is 0 Å². The van der Waals surface area contributed by atoms with Crippen molar-refractivity contribution >= 4 is 11.9 Å². The molecule has 6 atom stereocenters. The summed E-state index contributed by atoms with van der Waals surface area (Å²) < 4.78 is 6.00. The van der Waals surface area contributed by atoms with Gasteiger partial charge >= 0.3 is 5.97 Å². The number of rotatable bonds is 2. The number of carbonyl (C=O) groups is 2. The van der Waals surface area contributed by atoms with E-state index in [0.29, 0.717) is 18.8 Å². The van der Waals surface area contributed by atoms with Gasteiger partial charge in [0.15, 0.2) is 0 Å². The number of nitrogens with one attached hydrogen (secondary N) is 1. The number of carbonyl (C=O) groups excluding carboxylic acids is 2. The average Bonchev–Trinajstić information content (AvgIpc) is 2.86. The molecular weight excluding hydrogens is 354 g/mol. The Labute approximate surface area is 167 Å². The minimum absolute atomic E-state index is 0.0325. The largest absolute Gasteiger partial charge is 0.444 e. The van der Waals surface area contributed by atoms with Gasteiger partial charge in [-0.25, -0.2) is 4.79 Å². The second-order valence-electron chi connectivity index (χ2n) is 9.15. The van der Waals surface area contributed by atoms with Crippen molar-refractivity contribution in [1.82, 2.24) is 5.32 Å². The fourth-order valence-corrected chi connectivity index (χ4v) is 5.08. The SMILES string of the molecule is CC1=CC2/C=C(\C)CCC(O)/C=C/C(=O)OC23C(=O)NC(CC(C)C)C3C1C. The molecule has 1 amide bonds. The van der Waals surface area contributed by atoms with Crippen molar-refractivity contribution in [1.29, 1.82) is 0 Å². The Morgan fingerprint density at radius 2 is 2.00 bits per heavy atom. The molecule has 2 aliphatic heterocycles. The summed E-state index contributed by atoms with van der Waals surface area (Å²) in [5, 5.41) is 13.2. The number of amides is 1. The molecule has 2 heterocycles. The number of aliphatic hydroxyl groups excluding tert-OH is 1. The molecule has 3 aliphatic rings. The van der Waals surface area contributed by atoms with E-state index in [-0.39, 0.29) is 29.7 Å². The highest BCUT2D eigenvalue weighted by molar-refractivity contribution is 5.94. The normalized spacial score (nSPS) is 41.6. The Morgan fingerprint density at radius 3 is 2.68 bits per heavy atom. The zero-order valence-electron chi connectivity index (χ0n) is 17.6. The quantitative estimate of drug-likeness (QED) is 0.563. The lowest BCUT2D eigenvalue weighted by Crippen LogP contribution is -2.56. The first-order valence-corrected chi connectivity index (χ1v) is 10.4. The summed E-state index contributed by atoms with van der Waals surface area (Å²) in [6.07, 6.45) is 8.27. The predicted octanol–water partition coefficient (Wildman–Crippen LogP) is 3.30. The molecule has 0 saturated carbocycles. The summed E-state index contributed by atoms with van der Waals surface area (Å²) in [6.45, 7) is 10.5. The zero-order chi connectivity index (χ0) is 20.6. The standard InChI is InChI=1S/C23H33NO4/c1-13(2)10-19-21-16(5)15(4)12-17-11-14(3)6-7-18(25)8-9-20(26)28-23(17,21)22(27)24-19/h8-9,11-13,16-19,21,25H,6-7,10H2,1-5H3,(H,24,27)/b9-8+,14-11+. The Balaban J connectivity index is 2.15. The van der Waals surface area contributed by atoms with Crippen LogP contribution in [-0.4, -0.2) is 34.7 Å². The molecule has 3 rings (SSSR count). The first-order valence-electron chi connectivity index (χ1n) is 10.4. The Kier molecular flexibility index (Phi) is 5.85. The first kappa shape index (κ1) is 20.8. The summed E-state index contributed by atoms with van der Waals surface area (Å²) >= 11 is 0. The van der Waals surface area contributed by atoms with Crippen molar-refractivity contribution in [2.24, 2.45) is 23.7 Å². The lowest BCUT2D eigenvalue weighted by molar-refractivity contribution is -0.172. The fraction of sp³-hybridized carbons (Fsp3) is 0.652.